The number of phenolic OH excluding ortho intramolecular Hbond substituents is 1. The zero-order valence-corrected chi connectivity index (χ0v) is 10.3. The molecule has 0 radical (unpaired) electrons. The molecule has 100 valence electrons. The second-order valence-corrected chi connectivity index (χ2v) is 4.48. The van der Waals surface area contributed by atoms with Crippen molar-refractivity contribution in [2.24, 2.45) is 0 Å². The predicted molar refractivity (Wildman–Crippen MR) is 68.1 cm³/mol. The molecule has 0 fully saturated rings. The van der Waals surface area contributed by atoms with Crippen LogP contribution in [0, 0.1) is 6.92 Å². The first-order chi connectivity index (χ1) is 8.92. The van der Waals surface area contributed by atoms with Gasteiger partial charge in [0.2, 0.25) is 0 Å². The number of alkyl halides is 3. The summed E-state index contributed by atoms with van der Waals surface area (Å²) in [4.78, 5) is 0. The number of phenols is 1. The van der Waals surface area contributed by atoms with E-state index in [2.05, 4.69) is 0 Å². The number of aryl methyl sites for hydroxylation is 1. The van der Waals surface area contributed by atoms with Gasteiger partial charge in [-0.05, 0) is 41.8 Å². The Labute approximate surface area is 109 Å². The third-order valence-electron chi connectivity index (χ3n) is 2.85. The molecule has 0 saturated carbocycles. The Balaban J connectivity index is 2.49. The number of hydrogen-bond acceptors (Lipinski definition) is 1. The van der Waals surface area contributed by atoms with E-state index in [9.17, 15) is 18.3 Å². The molecule has 0 aliphatic rings. The summed E-state index contributed by atoms with van der Waals surface area (Å²) in [5.41, 5.74) is 1.59. The Morgan fingerprint density at radius 3 is 2.42 bits per heavy atom. The average Bonchev–Trinajstić information content (AvgIpc) is 2.38. The molecule has 0 aliphatic heterocycles. The van der Waals surface area contributed by atoms with Gasteiger partial charge in [-0.1, -0.05) is 24.3 Å². The fourth-order valence-corrected chi connectivity index (χ4v) is 1.93. The van der Waals surface area contributed by atoms with Gasteiger partial charge in [-0.2, -0.15) is 8.78 Å². The molecule has 19 heavy (non-hydrogen) atoms. The van der Waals surface area contributed by atoms with Gasteiger partial charge in [0.1, 0.15) is 5.75 Å². The van der Waals surface area contributed by atoms with Gasteiger partial charge in [-0.25, -0.2) is 4.39 Å². The minimum atomic E-state index is -3.48. The molecular formula is C15H13F3O. The SMILES string of the molecule is Cc1cc(O)cc(-c2cccc(C(F)(F)CF)c2)c1. The zero-order valence-electron chi connectivity index (χ0n) is 10.3. The standard InChI is InChI=1S/C15H13F3O/c1-10-5-12(8-14(19)6-10)11-3-2-4-13(7-11)15(17,18)9-16/h2-8,19H,9H2,1H3. The Kier molecular flexibility index (Phi) is 3.51. The maximum absolute atomic E-state index is 13.3. The van der Waals surface area contributed by atoms with Crippen molar-refractivity contribution in [1.29, 1.82) is 0 Å². The van der Waals surface area contributed by atoms with Gasteiger partial charge in [-0.3, -0.25) is 0 Å². The molecule has 0 aromatic heterocycles. The van der Waals surface area contributed by atoms with Gasteiger partial charge in [0.15, 0.2) is 6.67 Å². The highest BCUT2D eigenvalue weighted by Crippen LogP contribution is 2.32. The maximum atomic E-state index is 13.3. The van der Waals surface area contributed by atoms with Gasteiger partial charge in [0.05, 0.1) is 0 Å². The van der Waals surface area contributed by atoms with Crippen LogP contribution >= 0.6 is 0 Å². The minimum Gasteiger partial charge on any atom is -0.508 e. The zero-order chi connectivity index (χ0) is 14.0. The predicted octanol–water partition coefficient (Wildman–Crippen LogP) is 4.43. The summed E-state index contributed by atoms with van der Waals surface area (Å²) < 4.78 is 39.0. The second-order valence-electron chi connectivity index (χ2n) is 4.48. The van der Waals surface area contributed by atoms with Crippen LogP contribution in [-0.4, -0.2) is 11.8 Å². The van der Waals surface area contributed by atoms with E-state index in [1.54, 1.807) is 25.1 Å². The van der Waals surface area contributed by atoms with Crippen LogP contribution in [0.5, 0.6) is 5.75 Å². The van der Waals surface area contributed by atoms with Gasteiger partial charge in [-0.15, -0.1) is 0 Å². The molecule has 0 aliphatic carbocycles. The monoisotopic (exact) mass is 266 g/mol. The van der Waals surface area contributed by atoms with E-state index in [0.717, 1.165) is 5.56 Å². The number of aromatic hydroxyl groups is 1. The van der Waals surface area contributed by atoms with Gasteiger partial charge in [0, 0.05) is 5.56 Å². The molecule has 0 bridgehead atoms. The summed E-state index contributed by atoms with van der Waals surface area (Å²) in [6, 6.07) is 10.4. The molecule has 0 saturated heterocycles. The van der Waals surface area contributed by atoms with Crippen molar-refractivity contribution >= 4 is 0 Å². The lowest BCUT2D eigenvalue weighted by Gasteiger charge is -2.14. The molecule has 2 aromatic rings. The highest BCUT2D eigenvalue weighted by Gasteiger charge is 2.31. The summed E-state index contributed by atoms with van der Waals surface area (Å²) in [6.07, 6.45) is 0. The molecule has 0 spiro atoms. The molecule has 4 heteroatoms. The van der Waals surface area contributed by atoms with Crippen molar-refractivity contribution in [2.75, 3.05) is 6.67 Å². The van der Waals surface area contributed by atoms with E-state index in [1.165, 1.54) is 24.3 Å². The summed E-state index contributed by atoms with van der Waals surface area (Å²) in [6.45, 7) is 0.0682. The van der Waals surface area contributed by atoms with Crippen LogP contribution in [0.2, 0.25) is 0 Å². The van der Waals surface area contributed by atoms with Crippen molar-refractivity contribution in [3.05, 3.63) is 53.6 Å². The molecule has 0 heterocycles. The summed E-state index contributed by atoms with van der Waals surface area (Å²) in [5.74, 6) is -3.42. The van der Waals surface area contributed by atoms with Crippen molar-refractivity contribution in [2.45, 2.75) is 12.8 Å². The van der Waals surface area contributed by atoms with Crippen LogP contribution in [0.3, 0.4) is 0 Å². The van der Waals surface area contributed by atoms with Crippen LogP contribution in [0.15, 0.2) is 42.5 Å². The number of rotatable bonds is 3. The molecule has 1 nitrogen and oxygen atoms in total. The molecule has 1 N–H and O–H groups in total. The molecule has 0 amide bonds. The number of benzene rings is 2. The van der Waals surface area contributed by atoms with E-state index in [0.29, 0.717) is 11.1 Å². The van der Waals surface area contributed by atoms with Gasteiger partial charge < -0.3 is 5.11 Å². The van der Waals surface area contributed by atoms with Crippen molar-refractivity contribution in [3.8, 4) is 16.9 Å². The van der Waals surface area contributed by atoms with E-state index in [-0.39, 0.29) is 11.3 Å². The summed E-state index contributed by atoms with van der Waals surface area (Å²) in [7, 11) is 0. The molecule has 0 unspecified atom stereocenters. The van der Waals surface area contributed by atoms with E-state index >= 15 is 0 Å². The van der Waals surface area contributed by atoms with Crippen molar-refractivity contribution in [3.63, 3.8) is 0 Å². The second kappa shape index (κ2) is 4.96. The third kappa shape index (κ3) is 2.89. The first-order valence-electron chi connectivity index (χ1n) is 5.78. The topological polar surface area (TPSA) is 20.2 Å². The first-order valence-corrected chi connectivity index (χ1v) is 5.78. The Bertz CT molecular complexity index is 573. The van der Waals surface area contributed by atoms with Crippen LogP contribution in [-0.2, 0) is 5.92 Å². The molecule has 2 aromatic carbocycles. The lowest BCUT2D eigenvalue weighted by Crippen LogP contribution is -2.15. The van der Waals surface area contributed by atoms with Crippen molar-refractivity contribution < 1.29 is 18.3 Å². The quantitative estimate of drug-likeness (QED) is 0.871. The Morgan fingerprint density at radius 1 is 1.05 bits per heavy atom. The summed E-state index contributed by atoms with van der Waals surface area (Å²) >= 11 is 0. The van der Waals surface area contributed by atoms with Gasteiger partial charge >= 0.3 is 5.92 Å². The molecule has 0 atom stereocenters. The first kappa shape index (κ1) is 13.5. The van der Waals surface area contributed by atoms with Crippen molar-refractivity contribution in [1.82, 2.24) is 0 Å². The van der Waals surface area contributed by atoms with Crippen LogP contribution in [0.25, 0.3) is 11.1 Å². The number of hydrogen-bond donors (Lipinski definition) is 1. The lowest BCUT2D eigenvalue weighted by molar-refractivity contribution is -0.0280. The van der Waals surface area contributed by atoms with Gasteiger partial charge in [0.25, 0.3) is 0 Å². The fraction of sp³-hybridized carbons (Fsp3) is 0.200. The van der Waals surface area contributed by atoms with Crippen LogP contribution in [0.4, 0.5) is 13.2 Å². The fourth-order valence-electron chi connectivity index (χ4n) is 1.93. The van der Waals surface area contributed by atoms with Crippen LogP contribution in [0.1, 0.15) is 11.1 Å². The average molecular weight is 266 g/mol. The minimum absolute atomic E-state index is 0.0673. The Morgan fingerprint density at radius 2 is 1.79 bits per heavy atom. The Hall–Kier alpha value is -1.97. The molecular weight excluding hydrogens is 253 g/mol. The lowest BCUT2D eigenvalue weighted by atomic mass is 9.99. The normalized spacial score (nSPS) is 11.6. The smallest absolute Gasteiger partial charge is 0.301 e. The largest absolute Gasteiger partial charge is 0.508 e. The molecule has 2 rings (SSSR count). The van der Waals surface area contributed by atoms with Crippen LogP contribution < -0.4 is 0 Å². The van der Waals surface area contributed by atoms with E-state index in [4.69, 9.17) is 0 Å². The highest BCUT2D eigenvalue weighted by atomic mass is 19.3. The van der Waals surface area contributed by atoms with E-state index < -0.39 is 12.6 Å². The summed E-state index contributed by atoms with van der Waals surface area (Å²) in [5, 5.41) is 9.52. The maximum Gasteiger partial charge on any atom is 0.301 e. The van der Waals surface area contributed by atoms with E-state index in [1.807, 2.05) is 0 Å². The third-order valence-corrected chi connectivity index (χ3v) is 2.85. The number of halogens is 3. The highest BCUT2D eigenvalue weighted by molar-refractivity contribution is 5.67.